The summed E-state index contributed by atoms with van der Waals surface area (Å²) in [5, 5.41) is 12.2. The van der Waals surface area contributed by atoms with Gasteiger partial charge >= 0.3 is 6.18 Å². The molecule has 2 fully saturated rings. The van der Waals surface area contributed by atoms with Gasteiger partial charge in [-0.25, -0.2) is 8.42 Å². The lowest BCUT2D eigenvalue weighted by Crippen LogP contribution is -2.31. The van der Waals surface area contributed by atoms with Crippen LogP contribution in [0, 0.1) is 11.3 Å². The fourth-order valence-electron chi connectivity index (χ4n) is 5.32. The molecule has 2 aliphatic carbocycles. The van der Waals surface area contributed by atoms with Gasteiger partial charge in [0.1, 0.15) is 12.3 Å². The van der Waals surface area contributed by atoms with E-state index in [9.17, 15) is 31.6 Å². The molecule has 0 aromatic heterocycles. The molecule has 3 aromatic carbocycles. The maximum absolute atomic E-state index is 13.9. The maximum Gasteiger partial charge on any atom is 0.406 e. The van der Waals surface area contributed by atoms with Crippen molar-refractivity contribution in [1.82, 2.24) is 5.32 Å². The summed E-state index contributed by atoms with van der Waals surface area (Å²) in [4.78, 5) is 14.6. The van der Waals surface area contributed by atoms with Crippen LogP contribution in [0.5, 0.6) is 5.75 Å². The topological polar surface area (TPSA) is 99.5 Å². The summed E-state index contributed by atoms with van der Waals surface area (Å²) in [6, 6.07) is 17.3. The van der Waals surface area contributed by atoms with E-state index in [4.69, 9.17) is 4.74 Å². The van der Waals surface area contributed by atoms with E-state index in [2.05, 4.69) is 11.4 Å². The van der Waals surface area contributed by atoms with Gasteiger partial charge in [-0.15, -0.1) is 0 Å². The number of carbonyl (C=O) groups is 1. The van der Waals surface area contributed by atoms with Gasteiger partial charge in [-0.3, -0.25) is 4.79 Å². The maximum atomic E-state index is 13.9. The number of amides is 1. The lowest BCUT2D eigenvalue weighted by Gasteiger charge is -2.29. The fraction of sp³-hybridized carbons (Fsp3) is 0.394. The van der Waals surface area contributed by atoms with Gasteiger partial charge in [-0.2, -0.15) is 18.4 Å². The summed E-state index contributed by atoms with van der Waals surface area (Å²) in [5.41, 5.74) is 3.39. The van der Waals surface area contributed by atoms with Gasteiger partial charge < -0.3 is 15.0 Å². The highest BCUT2D eigenvalue weighted by molar-refractivity contribution is 7.91. The first kappa shape index (κ1) is 31.4. The zero-order chi connectivity index (χ0) is 31.6. The molecule has 7 nitrogen and oxygen atoms in total. The van der Waals surface area contributed by atoms with Gasteiger partial charge in [0.25, 0.3) is 5.91 Å². The summed E-state index contributed by atoms with van der Waals surface area (Å²) >= 11 is 0. The van der Waals surface area contributed by atoms with Crippen LogP contribution in [0.3, 0.4) is 0 Å². The third-order valence-corrected chi connectivity index (χ3v) is 9.81. The molecule has 0 aliphatic heterocycles. The van der Waals surface area contributed by atoms with Gasteiger partial charge in [-0.1, -0.05) is 25.1 Å². The van der Waals surface area contributed by atoms with E-state index in [-0.39, 0.29) is 34.1 Å². The highest BCUT2D eigenvalue weighted by Gasteiger charge is 2.35. The van der Waals surface area contributed by atoms with Crippen molar-refractivity contribution >= 4 is 27.1 Å². The molecule has 2 aliphatic rings. The summed E-state index contributed by atoms with van der Waals surface area (Å²) in [7, 11) is -2.08. The van der Waals surface area contributed by atoms with Crippen LogP contribution in [-0.4, -0.2) is 39.9 Å². The van der Waals surface area contributed by atoms with Crippen molar-refractivity contribution in [2.75, 3.05) is 24.3 Å². The second kappa shape index (κ2) is 12.5. The number of rotatable bonds is 12. The van der Waals surface area contributed by atoms with Crippen LogP contribution >= 0.6 is 0 Å². The Bertz CT molecular complexity index is 1650. The average Bonchev–Trinajstić information content (AvgIpc) is 3.92. The monoisotopic (exact) mass is 625 g/mol. The smallest absolute Gasteiger partial charge is 0.406 e. The van der Waals surface area contributed by atoms with E-state index < -0.39 is 34.5 Å². The molecule has 0 bridgehead atoms. The zero-order valence-electron chi connectivity index (χ0n) is 24.5. The second-order valence-corrected chi connectivity index (χ2v) is 13.6. The molecular formula is C33H34F3N3O4S. The van der Waals surface area contributed by atoms with Crippen LogP contribution in [0.1, 0.15) is 84.0 Å². The van der Waals surface area contributed by atoms with Gasteiger partial charge in [0, 0.05) is 11.3 Å². The predicted octanol–water partition coefficient (Wildman–Crippen LogP) is 7.33. The number of halogens is 3. The first-order valence-electron chi connectivity index (χ1n) is 14.6. The van der Waals surface area contributed by atoms with Crippen molar-refractivity contribution in [3.63, 3.8) is 0 Å². The predicted molar refractivity (Wildman–Crippen MR) is 161 cm³/mol. The third kappa shape index (κ3) is 7.36. The molecule has 44 heavy (non-hydrogen) atoms. The van der Waals surface area contributed by atoms with Crippen LogP contribution in [-0.2, 0) is 9.84 Å². The Labute approximate surface area is 255 Å². The Morgan fingerprint density at radius 3 is 2.14 bits per heavy atom. The molecule has 2 saturated carbocycles. The molecule has 0 unspecified atom stereocenters. The lowest BCUT2D eigenvalue weighted by molar-refractivity contribution is -0.118. The van der Waals surface area contributed by atoms with Crippen molar-refractivity contribution in [3.8, 4) is 11.8 Å². The average molecular weight is 626 g/mol. The Hall–Kier alpha value is -4.04. The Morgan fingerprint density at radius 1 is 1.02 bits per heavy atom. The molecule has 1 atom stereocenters. The summed E-state index contributed by atoms with van der Waals surface area (Å²) in [6.07, 6.45) is -0.499. The van der Waals surface area contributed by atoms with E-state index >= 15 is 0 Å². The van der Waals surface area contributed by atoms with Gasteiger partial charge in [0.05, 0.1) is 42.0 Å². The molecule has 0 saturated heterocycles. The minimum absolute atomic E-state index is 0.0590. The van der Waals surface area contributed by atoms with Crippen molar-refractivity contribution in [2.24, 2.45) is 0 Å². The molecule has 1 amide bonds. The van der Waals surface area contributed by atoms with Crippen molar-refractivity contribution in [3.05, 3.63) is 82.9 Å². The number of nitrogens with zero attached hydrogens (tertiary/aromatic N) is 2. The first-order valence-corrected chi connectivity index (χ1v) is 16.3. The number of benzene rings is 3. The number of nitriles is 1. The second-order valence-electron chi connectivity index (χ2n) is 11.4. The van der Waals surface area contributed by atoms with E-state index in [0.29, 0.717) is 23.1 Å². The summed E-state index contributed by atoms with van der Waals surface area (Å²) < 4.78 is 71.7. The molecule has 0 spiro atoms. The van der Waals surface area contributed by atoms with Crippen molar-refractivity contribution < 1.29 is 31.1 Å². The molecule has 3 aromatic rings. The van der Waals surface area contributed by atoms with E-state index in [1.807, 2.05) is 18.2 Å². The van der Waals surface area contributed by atoms with Crippen molar-refractivity contribution in [1.29, 1.82) is 5.26 Å². The van der Waals surface area contributed by atoms with Crippen LogP contribution in [0.25, 0.3) is 0 Å². The van der Waals surface area contributed by atoms with Crippen LogP contribution in [0.15, 0.2) is 65.6 Å². The zero-order valence-corrected chi connectivity index (χ0v) is 25.3. The summed E-state index contributed by atoms with van der Waals surface area (Å²) in [6.45, 7) is 0.307. The Balaban J connectivity index is 1.44. The number of hydrogen-bond donors (Lipinski definition) is 1. The molecule has 232 valence electrons. The van der Waals surface area contributed by atoms with Gasteiger partial charge in [0.2, 0.25) is 0 Å². The molecule has 5 rings (SSSR count). The summed E-state index contributed by atoms with van der Waals surface area (Å²) in [5.74, 6) is 0.201. The van der Waals surface area contributed by atoms with E-state index in [0.717, 1.165) is 36.8 Å². The van der Waals surface area contributed by atoms with E-state index in [1.54, 1.807) is 19.1 Å². The SMILES string of the molecule is CCS(=O)(=O)c1ccc([C@H](CC#N)NC(=O)c2ccc(N(CC(F)(F)F)c3cc(C4CC4)cc(C4CC4)c3)c(OC)c2)cc1. The standard InChI is InChI=1S/C33H34F3N3O4S/c1-3-44(41,42)28-11-8-23(9-12-28)29(14-15-37)38-32(40)24-10-13-30(31(19-24)43-2)39(20-33(34,35)36)27-17-25(21-4-5-21)16-26(18-27)22-6-7-22/h8-13,16-19,21-22,29H,3-7,14,20H2,1-2H3,(H,38,40)/t29-/m0/s1. The van der Waals surface area contributed by atoms with Crippen LogP contribution in [0.2, 0.25) is 0 Å². The minimum Gasteiger partial charge on any atom is -0.495 e. The van der Waals surface area contributed by atoms with Crippen LogP contribution in [0.4, 0.5) is 24.5 Å². The minimum atomic E-state index is -4.51. The number of sulfone groups is 1. The number of anilines is 2. The highest BCUT2D eigenvalue weighted by atomic mass is 32.2. The number of ether oxygens (including phenoxy) is 1. The number of carbonyl (C=O) groups excluding carboxylic acids is 1. The highest BCUT2D eigenvalue weighted by Crippen LogP contribution is 2.48. The number of hydrogen-bond acceptors (Lipinski definition) is 6. The van der Waals surface area contributed by atoms with Crippen LogP contribution < -0.4 is 15.0 Å². The molecular weight excluding hydrogens is 591 g/mol. The first-order chi connectivity index (χ1) is 20.9. The Morgan fingerprint density at radius 2 is 1.64 bits per heavy atom. The molecule has 0 heterocycles. The molecule has 0 radical (unpaired) electrons. The van der Waals surface area contributed by atoms with E-state index in [1.165, 1.54) is 42.3 Å². The fourth-order valence-corrected chi connectivity index (χ4v) is 6.20. The number of nitrogens with one attached hydrogen (secondary N) is 1. The normalized spacial score (nSPS) is 15.7. The lowest BCUT2D eigenvalue weighted by atomic mass is 10.0. The molecule has 11 heteroatoms. The van der Waals surface area contributed by atoms with Gasteiger partial charge in [-0.05, 0) is 96.7 Å². The Kier molecular flexibility index (Phi) is 8.93. The quantitative estimate of drug-likeness (QED) is 0.226. The number of methoxy groups -OCH3 is 1. The largest absolute Gasteiger partial charge is 0.495 e. The van der Waals surface area contributed by atoms with Gasteiger partial charge in [0.15, 0.2) is 9.84 Å². The molecule has 1 N–H and O–H groups in total. The van der Waals surface area contributed by atoms with Crippen molar-refractivity contribution in [2.45, 2.75) is 68.0 Å². The number of alkyl halides is 3. The third-order valence-electron chi connectivity index (χ3n) is 8.06.